The molecule has 0 saturated heterocycles. The van der Waals surface area contributed by atoms with Crippen molar-refractivity contribution in [2.45, 2.75) is 13.5 Å². The molecule has 23 heavy (non-hydrogen) atoms. The summed E-state index contributed by atoms with van der Waals surface area (Å²) in [6.45, 7) is 3.55. The van der Waals surface area contributed by atoms with Crippen molar-refractivity contribution in [3.63, 3.8) is 0 Å². The zero-order valence-electron chi connectivity index (χ0n) is 12.9. The number of hydrogen-bond acceptors (Lipinski definition) is 3. The number of rotatable bonds is 4. The maximum absolute atomic E-state index is 12.3. The number of alkyl halides is 1. The van der Waals surface area contributed by atoms with Gasteiger partial charge in [-0.05, 0) is 30.2 Å². The first kappa shape index (κ1) is 15.7. The van der Waals surface area contributed by atoms with E-state index in [4.69, 9.17) is 21.1 Å². The van der Waals surface area contributed by atoms with E-state index >= 15 is 0 Å². The lowest BCUT2D eigenvalue weighted by molar-refractivity contribution is -0.116. The zero-order valence-corrected chi connectivity index (χ0v) is 13.7. The third kappa shape index (κ3) is 3.42. The van der Waals surface area contributed by atoms with Crippen molar-refractivity contribution in [3.05, 3.63) is 53.6 Å². The largest absolute Gasteiger partial charge is 0.486 e. The monoisotopic (exact) mass is 331 g/mol. The Morgan fingerprint density at radius 3 is 2.61 bits per heavy atom. The van der Waals surface area contributed by atoms with Crippen LogP contribution in [-0.2, 0) is 11.3 Å². The van der Waals surface area contributed by atoms with Gasteiger partial charge in [-0.25, -0.2) is 0 Å². The zero-order chi connectivity index (χ0) is 16.2. The van der Waals surface area contributed by atoms with Gasteiger partial charge in [0.2, 0.25) is 5.91 Å². The molecule has 120 valence electrons. The molecule has 0 saturated carbocycles. The number of benzene rings is 2. The first-order chi connectivity index (χ1) is 11.2. The van der Waals surface area contributed by atoms with Gasteiger partial charge in [0, 0.05) is 11.8 Å². The third-order valence-electron chi connectivity index (χ3n) is 3.84. The van der Waals surface area contributed by atoms with Crippen LogP contribution in [0.4, 0.5) is 5.69 Å². The van der Waals surface area contributed by atoms with E-state index in [1.165, 1.54) is 0 Å². The van der Waals surface area contributed by atoms with Crippen LogP contribution in [0.5, 0.6) is 11.5 Å². The van der Waals surface area contributed by atoms with Gasteiger partial charge in [0.25, 0.3) is 0 Å². The van der Waals surface area contributed by atoms with Crippen LogP contribution in [0.25, 0.3) is 0 Å². The van der Waals surface area contributed by atoms with Gasteiger partial charge in [0.1, 0.15) is 19.1 Å². The Morgan fingerprint density at radius 2 is 1.87 bits per heavy atom. The molecule has 0 bridgehead atoms. The predicted molar refractivity (Wildman–Crippen MR) is 90.5 cm³/mol. The highest BCUT2D eigenvalue weighted by Gasteiger charge is 2.19. The number of nitrogens with zero attached hydrogens (tertiary/aromatic N) is 1. The van der Waals surface area contributed by atoms with E-state index in [1.807, 2.05) is 49.4 Å². The highest BCUT2D eigenvalue weighted by Crippen LogP contribution is 2.34. The number of carbonyl (C=O) groups is 1. The van der Waals surface area contributed by atoms with Crippen LogP contribution in [-0.4, -0.2) is 25.0 Å². The van der Waals surface area contributed by atoms with Gasteiger partial charge in [-0.15, -0.1) is 11.6 Å². The first-order valence-corrected chi connectivity index (χ1v) is 8.03. The Kier molecular flexibility index (Phi) is 4.72. The SMILES string of the molecule is Cc1ccccc1CN(C(=O)CCl)c1ccc2c(c1)OCCO2. The molecule has 0 radical (unpaired) electrons. The number of anilines is 1. The van der Waals surface area contributed by atoms with Crippen molar-refractivity contribution in [2.24, 2.45) is 0 Å². The maximum atomic E-state index is 12.3. The molecule has 1 amide bonds. The fourth-order valence-corrected chi connectivity index (χ4v) is 2.70. The van der Waals surface area contributed by atoms with Crippen molar-refractivity contribution < 1.29 is 14.3 Å². The molecule has 0 N–H and O–H groups in total. The smallest absolute Gasteiger partial charge is 0.242 e. The predicted octanol–water partition coefficient (Wildman–Crippen LogP) is 3.54. The molecule has 1 heterocycles. The molecule has 1 aliphatic rings. The summed E-state index contributed by atoms with van der Waals surface area (Å²) in [6.07, 6.45) is 0. The van der Waals surface area contributed by atoms with Crippen LogP contribution < -0.4 is 14.4 Å². The molecular formula is C18H18ClNO3. The van der Waals surface area contributed by atoms with Gasteiger partial charge in [-0.1, -0.05) is 24.3 Å². The van der Waals surface area contributed by atoms with Crippen LogP contribution in [0.1, 0.15) is 11.1 Å². The van der Waals surface area contributed by atoms with E-state index in [1.54, 1.807) is 4.90 Å². The average molecular weight is 332 g/mol. The van der Waals surface area contributed by atoms with E-state index in [0.29, 0.717) is 31.3 Å². The van der Waals surface area contributed by atoms with Crippen LogP contribution in [0.15, 0.2) is 42.5 Å². The standard InChI is InChI=1S/C18H18ClNO3/c1-13-4-2-3-5-14(13)12-20(18(21)11-19)15-6-7-16-17(10-15)23-9-8-22-16/h2-7,10H,8-9,11-12H2,1H3. The highest BCUT2D eigenvalue weighted by atomic mass is 35.5. The summed E-state index contributed by atoms with van der Waals surface area (Å²) in [7, 11) is 0. The molecule has 0 aliphatic carbocycles. The van der Waals surface area contributed by atoms with Crippen molar-refractivity contribution in [3.8, 4) is 11.5 Å². The quantitative estimate of drug-likeness (QED) is 0.804. The van der Waals surface area contributed by atoms with E-state index in [2.05, 4.69) is 0 Å². The number of fused-ring (bicyclic) bond motifs is 1. The minimum Gasteiger partial charge on any atom is -0.486 e. The molecule has 4 nitrogen and oxygen atoms in total. The van der Waals surface area contributed by atoms with E-state index in [-0.39, 0.29) is 11.8 Å². The van der Waals surface area contributed by atoms with Crippen LogP contribution in [0.2, 0.25) is 0 Å². The summed E-state index contributed by atoms with van der Waals surface area (Å²) in [5.74, 6) is 1.15. The normalized spacial score (nSPS) is 12.8. The van der Waals surface area contributed by atoms with Crippen LogP contribution in [0, 0.1) is 6.92 Å². The molecule has 0 spiro atoms. The van der Waals surface area contributed by atoms with Crippen molar-refractivity contribution in [1.29, 1.82) is 0 Å². The summed E-state index contributed by atoms with van der Waals surface area (Å²) < 4.78 is 11.1. The molecule has 2 aromatic rings. The number of carbonyl (C=O) groups excluding carboxylic acids is 1. The number of halogens is 1. The molecule has 0 unspecified atom stereocenters. The fraction of sp³-hybridized carbons (Fsp3) is 0.278. The molecule has 0 atom stereocenters. The van der Waals surface area contributed by atoms with Gasteiger partial charge < -0.3 is 14.4 Å². The topological polar surface area (TPSA) is 38.8 Å². The van der Waals surface area contributed by atoms with Crippen molar-refractivity contribution in [1.82, 2.24) is 0 Å². The Hall–Kier alpha value is -2.20. The minimum atomic E-state index is -0.147. The lowest BCUT2D eigenvalue weighted by Crippen LogP contribution is -2.31. The van der Waals surface area contributed by atoms with Gasteiger partial charge >= 0.3 is 0 Å². The van der Waals surface area contributed by atoms with Crippen LogP contribution >= 0.6 is 11.6 Å². The Labute approximate surface area is 140 Å². The molecule has 1 aliphatic heterocycles. The Morgan fingerprint density at radius 1 is 1.13 bits per heavy atom. The lowest BCUT2D eigenvalue weighted by atomic mass is 10.1. The summed E-state index contributed by atoms with van der Waals surface area (Å²) in [4.78, 5) is 14.0. The second kappa shape index (κ2) is 6.92. The van der Waals surface area contributed by atoms with Crippen LogP contribution in [0.3, 0.4) is 0 Å². The Balaban J connectivity index is 1.93. The molecule has 5 heteroatoms. The maximum Gasteiger partial charge on any atom is 0.242 e. The van der Waals surface area contributed by atoms with Crippen molar-refractivity contribution >= 4 is 23.2 Å². The van der Waals surface area contributed by atoms with E-state index in [9.17, 15) is 4.79 Å². The number of ether oxygens (including phenoxy) is 2. The number of hydrogen-bond donors (Lipinski definition) is 0. The second-order valence-electron chi connectivity index (χ2n) is 5.37. The molecule has 0 aromatic heterocycles. The van der Waals surface area contributed by atoms with Gasteiger partial charge in [0.05, 0.1) is 6.54 Å². The lowest BCUT2D eigenvalue weighted by Gasteiger charge is -2.25. The molecular weight excluding hydrogens is 314 g/mol. The second-order valence-corrected chi connectivity index (χ2v) is 5.64. The first-order valence-electron chi connectivity index (χ1n) is 7.49. The van der Waals surface area contributed by atoms with Gasteiger partial charge in [-0.3, -0.25) is 4.79 Å². The summed E-state index contributed by atoms with van der Waals surface area (Å²) in [6, 6.07) is 13.5. The number of amides is 1. The van der Waals surface area contributed by atoms with E-state index < -0.39 is 0 Å². The molecule has 2 aromatic carbocycles. The fourth-order valence-electron chi connectivity index (χ4n) is 2.55. The van der Waals surface area contributed by atoms with Gasteiger partial charge in [-0.2, -0.15) is 0 Å². The minimum absolute atomic E-state index is 0.0691. The molecule has 3 rings (SSSR count). The summed E-state index contributed by atoms with van der Waals surface area (Å²) in [5.41, 5.74) is 2.97. The summed E-state index contributed by atoms with van der Waals surface area (Å²) in [5, 5.41) is 0. The average Bonchev–Trinajstić information content (AvgIpc) is 2.60. The summed E-state index contributed by atoms with van der Waals surface area (Å²) >= 11 is 5.80. The van der Waals surface area contributed by atoms with Crippen molar-refractivity contribution in [2.75, 3.05) is 24.0 Å². The van der Waals surface area contributed by atoms with Gasteiger partial charge in [0.15, 0.2) is 11.5 Å². The molecule has 0 fully saturated rings. The Bertz CT molecular complexity index is 717. The van der Waals surface area contributed by atoms with E-state index in [0.717, 1.165) is 16.8 Å². The highest BCUT2D eigenvalue weighted by molar-refractivity contribution is 6.29. The number of aryl methyl sites for hydroxylation is 1. The third-order valence-corrected chi connectivity index (χ3v) is 4.07.